The lowest BCUT2D eigenvalue weighted by Crippen LogP contribution is -2.49. The summed E-state index contributed by atoms with van der Waals surface area (Å²) in [7, 11) is 0. The Bertz CT molecular complexity index is 888. The van der Waals surface area contributed by atoms with Crippen LogP contribution in [0.25, 0.3) is 6.08 Å². The molecule has 1 unspecified atom stereocenters. The molecule has 1 aromatic heterocycles. The van der Waals surface area contributed by atoms with Crippen molar-refractivity contribution in [3.63, 3.8) is 0 Å². The fraction of sp³-hybridized carbons (Fsp3) is 0.318. The molecule has 0 spiro atoms. The second kappa shape index (κ2) is 7.84. The number of aromatic nitrogens is 1. The molecule has 3 heterocycles. The highest BCUT2D eigenvalue weighted by Crippen LogP contribution is 2.33. The van der Waals surface area contributed by atoms with Crippen LogP contribution in [0, 0.1) is 0 Å². The molecular formula is C22H24N4O2. The number of carbonyl (C=O) groups is 2. The molecule has 28 heavy (non-hydrogen) atoms. The molecule has 1 fully saturated rings. The van der Waals surface area contributed by atoms with Crippen LogP contribution in [0.2, 0.25) is 0 Å². The summed E-state index contributed by atoms with van der Waals surface area (Å²) in [4.78, 5) is 35.3. The van der Waals surface area contributed by atoms with Gasteiger partial charge in [0.15, 0.2) is 0 Å². The molecule has 6 nitrogen and oxygen atoms in total. The summed E-state index contributed by atoms with van der Waals surface area (Å²) in [6, 6.07) is 13.6. The molecule has 0 saturated carbocycles. The zero-order chi connectivity index (χ0) is 19.5. The van der Waals surface area contributed by atoms with Gasteiger partial charge < -0.3 is 14.7 Å². The van der Waals surface area contributed by atoms with Crippen molar-refractivity contribution >= 4 is 23.7 Å². The van der Waals surface area contributed by atoms with Crippen LogP contribution < -0.4 is 4.90 Å². The predicted molar refractivity (Wildman–Crippen MR) is 108 cm³/mol. The summed E-state index contributed by atoms with van der Waals surface area (Å²) >= 11 is 0. The maximum Gasteiger partial charge on any atom is 0.225 e. The average Bonchev–Trinajstić information content (AvgIpc) is 2.74. The Morgan fingerprint density at radius 3 is 2.50 bits per heavy atom. The number of amides is 2. The van der Waals surface area contributed by atoms with Crippen LogP contribution >= 0.6 is 0 Å². The van der Waals surface area contributed by atoms with Gasteiger partial charge in [0, 0.05) is 45.5 Å². The molecule has 144 valence electrons. The van der Waals surface area contributed by atoms with Crippen molar-refractivity contribution < 1.29 is 9.59 Å². The van der Waals surface area contributed by atoms with E-state index in [1.165, 1.54) is 0 Å². The Morgan fingerprint density at radius 2 is 1.79 bits per heavy atom. The van der Waals surface area contributed by atoms with Gasteiger partial charge >= 0.3 is 0 Å². The van der Waals surface area contributed by atoms with Crippen molar-refractivity contribution in [3.8, 4) is 0 Å². The molecule has 2 aliphatic heterocycles. The van der Waals surface area contributed by atoms with E-state index in [0.29, 0.717) is 19.5 Å². The fourth-order valence-electron chi connectivity index (χ4n) is 3.93. The molecule has 6 heteroatoms. The topological polar surface area (TPSA) is 56.8 Å². The summed E-state index contributed by atoms with van der Waals surface area (Å²) in [6.45, 7) is 4.40. The van der Waals surface area contributed by atoms with Crippen LogP contribution in [0.1, 0.15) is 30.5 Å². The number of piperazine rings is 1. The van der Waals surface area contributed by atoms with Crippen LogP contribution in [0.15, 0.2) is 54.9 Å². The summed E-state index contributed by atoms with van der Waals surface area (Å²) in [5.41, 5.74) is 2.10. The van der Waals surface area contributed by atoms with Crippen molar-refractivity contribution in [2.45, 2.75) is 19.4 Å². The minimum atomic E-state index is -0.250. The SMILES string of the molecule is CC(=O)N1C=Cc2ccccc2C1CC(=O)N1CCN(c2ccccn2)CC1. The number of anilines is 1. The monoisotopic (exact) mass is 376 g/mol. The van der Waals surface area contributed by atoms with Crippen molar-refractivity contribution in [2.75, 3.05) is 31.1 Å². The van der Waals surface area contributed by atoms with Crippen molar-refractivity contribution in [1.29, 1.82) is 0 Å². The van der Waals surface area contributed by atoms with E-state index in [0.717, 1.165) is 30.0 Å². The summed E-state index contributed by atoms with van der Waals surface area (Å²) in [5.74, 6) is 0.981. The molecule has 0 bridgehead atoms. The first kappa shape index (κ1) is 18.2. The molecule has 4 rings (SSSR count). The van der Waals surface area contributed by atoms with E-state index in [1.807, 2.05) is 53.4 Å². The van der Waals surface area contributed by atoms with Gasteiger partial charge in [0.2, 0.25) is 11.8 Å². The van der Waals surface area contributed by atoms with E-state index in [-0.39, 0.29) is 17.9 Å². The van der Waals surface area contributed by atoms with Gasteiger partial charge in [-0.2, -0.15) is 0 Å². The maximum atomic E-state index is 13.0. The van der Waals surface area contributed by atoms with Crippen molar-refractivity contribution in [3.05, 3.63) is 66.0 Å². The number of hydrogen-bond acceptors (Lipinski definition) is 4. The zero-order valence-electron chi connectivity index (χ0n) is 16.0. The van der Waals surface area contributed by atoms with Gasteiger partial charge in [-0.1, -0.05) is 30.3 Å². The Hall–Kier alpha value is -3.15. The maximum absolute atomic E-state index is 13.0. The lowest BCUT2D eigenvalue weighted by molar-refractivity contribution is -0.134. The second-order valence-corrected chi connectivity index (χ2v) is 7.15. The van der Waals surface area contributed by atoms with Gasteiger partial charge in [-0.3, -0.25) is 9.59 Å². The highest BCUT2D eigenvalue weighted by Gasteiger charge is 2.31. The zero-order valence-corrected chi connectivity index (χ0v) is 16.0. The van der Waals surface area contributed by atoms with E-state index in [1.54, 1.807) is 24.2 Å². The highest BCUT2D eigenvalue weighted by atomic mass is 16.2. The van der Waals surface area contributed by atoms with E-state index >= 15 is 0 Å². The Kier molecular flexibility index (Phi) is 5.10. The molecule has 0 N–H and O–H groups in total. The van der Waals surface area contributed by atoms with Crippen molar-refractivity contribution in [2.24, 2.45) is 0 Å². The number of benzene rings is 1. The standard InChI is InChI=1S/C22H24N4O2/c1-17(27)26-11-9-18-6-2-3-7-19(18)20(26)16-22(28)25-14-12-24(13-15-25)21-8-4-5-10-23-21/h2-11,20H,12-16H2,1H3. The van der Waals surface area contributed by atoms with Gasteiger partial charge in [0.25, 0.3) is 0 Å². The van der Waals surface area contributed by atoms with Crippen LogP contribution in [0.5, 0.6) is 0 Å². The molecular weight excluding hydrogens is 352 g/mol. The fourth-order valence-corrected chi connectivity index (χ4v) is 3.93. The Balaban J connectivity index is 1.44. The molecule has 2 amide bonds. The molecule has 1 saturated heterocycles. The number of nitrogens with zero attached hydrogens (tertiary/aromatic N) is 4. The molecule has 1 aromatic carbocycles. The predicted octanol–water partition coefficient (Wildman–Crippen LogP) is 2.69. The normalized spacial score (nSPS) is 18.8. The quantitative estimate of drug-likeness (QED) is 0.827. The first-order chi connectivity index (χ1) is 13.6. The van der Waals surface area contributed by atoms with Gasteiger partial charge in [-0.25, -0.2) is 4.98 Å². The molecule has 0 aliphatic carbocycles. The number of rotatable bonds is 3. The highest BCUT2D eigenvalue weighted by molar-refractivity contribution is 5.82. The Morgan fingerprint density at radius 1 is 1.04 bits per heavy atom. The summed E-state index contributed by atoms with van der Waals surface area (Å²) in [5, 5.41) is 0. The molecule has 1 atom stereocenters. The second-order valence-electron chi connectivity index (χ2n) is 7.15. The Labute approximate surface area is 165 Å². The third-order valence-corrected chi connectivity index (χ3v) is 5.44. The first-order valence-electron chi connectivity index (χ1n) is 9.63. The van der Waals surface area contributed by atoms with E-state index in [4.69, 9.17) is 0 Å². The molecule has 2 aromatic rings. The molecule has 0 radical (unpaired) electrons. The lowest BCUT2D eigenvalue weighted by atomic mass is 9.93. The smallest absolute Gasteiger partial charge is 0.225 e. The van der Waals surface area contributed by atoms with Crippen molar-refractivity contribution in [1.82, 2.24) is 14.8 Å². The van der Waals surface area contributed by atoms with E-state index in [2.05, 4.69) is 9.88 Å². The minimum Gasteiger partial charge on any atom is -0.353 e. The lowest BCUT2D eigenvalue weighted by Gasteiger charge is -2.37. The van der Waals surface area contributed by atoms with Gasteiger partial charge in [-0.05, 0) is 29.3 Å². The largest absolute Gasteiger partial charge is 0.353 e. The van der Waals surface area contributed by atoms with Gasteiger partial charge in [0.05, 0.1) is 12.5 Å². The van der Waals surface area contributed by atoms with Gasteiger partial charge in [0.1, 0.15) is 5.82 Å². The number of pyridine rings is 1. The van der Waals surface area contributed by atoms with Crippen LogP contribution in [0.4, 0.5) is 5.82 Å². The van der Waals surface area contributed by atoms with E-state index in [9.17, 15) is 9.59 Å². The number of carbonyl (C=O) groups excluding carboxylic acids is 2. The number of hydrogen-bond donors (Lipinski definition) is 0. The van der Waals surface area contributed by atoms with Gasteiger partial charge in [-0.15, -0.1) is 0 Å². The van der Waals surface area contributed by atoms with Crippen LogP contribution in [-0.4, -0.2) is 52.8 Å². The molecule has 2 aliphatic rings. The third-order valence-electron chi connectivity index (χ3n) is 5.44. The summed E-state index contributed by atoms with van der Waals surface area (Å²) in [6.07, 6.45) is 5.81. The van der Waals surface area contributed by atoms with E-state index < -0.39 is 0 Å². The van der Waals surface area contributed by atoms with Crippen LogP contribution in [-0.2, 0) is 9.59 Å². The van der Waals surface area contributed by atoms with Crippen LogP contribution in [0.3, 0.4) is 0 Å². The minimum absolute atomic E-state index is 0.0523. The first-order valence-corrected chi connectivity index (χ1v) is 9.63. The summed E-state index contributed by atoms with van der Waals surface area (Å²) < 4.78 is 0. The third kappa shape index (κ3) is 3.63. The average molecular weight is 376 g/mol. The number of fused-ring (bicyclic) bond motifs is 1.